The lowest BCUT2D eigenvalue weighted by Crippen LogP contribution is -2.68. The summed E-state index contributed by atoms with van der Waals surface area (Å²) in [4.78, 5) is 89.0. The molecule has 2 unspecified atom stereocenters. The number of rotatable bonds is 14. The summed E-state index contributed by atoms with van der Waals surface area (Å²) in [6.07, 6.45) is -2.43. The highest BCUT2D eigenvalue weighted by atomic mass is 32.2. The van der Waals surface area contributed by atoms with Crippen molar-refractivity contribution in [2.75, 3.05) is 13.1 Å². The highest BCUT2D eigenvalue weighted by Gasteiger charge is 2.68. The number of fused-ring (bicyclic) bond motifs is 1. The monoisotopic (exact) mass is 821 g/mol. The van der Waals surface area contributed by atoms with E-state index in [0.717, 1.165) is 16.7 Å². The Morgan fingerprint density at radius 2 is 1.17 bits per heavy atom. The van der Waals surface area contributed by atoms with E-state index in [2.05, 4.69) is 17.0 Å². The van der Waals surface area contributed by atoms with Gasteiger partial charge >= 0.3 is 18.0 Å². The standard InChI is InChI=1S/C46H39N5O8S/c1-47-35-27-51(45(57)50(35)29-52)46(44(56)59-39(33-23-13-5-14-24-33)34-25-15-6-16-26-34)28-49-41(54)37(42(49)60-46)48-40(53)36(30-17-7-2-8-18-30)43(55)58-38(31-19-9-3-10-20-31)32-21-11-4-12-22-32/h2-26,29,35-39,42H,1,27-28H2,(H,48,53)/t35?,36?,37-,42-,46-/m1/s1. The van der Waals surface area contributed by atoms with Gasteiger partial charge in [-0.25, -0.2) is 14.5 Å². The summed E-state index contributed by atoms with van der Waals surface area (Å²) < 4.78 is 12.5. The molecule has 5 amide bonds. The second-order valence-electron chi connectivity index (χ2n) is 14.4. The maximum atomic E-state index is 14.8. The van der Waals surface area contributed by atoms with E-state index in [4.69, 9.17) is 9.47 Å². The molecule has 8 rings (SSSR count). The minimum atomic E-state index is -1.88. The number of esters is 2. The van der Waals surface area contributed by atoms with Crippen molar-refractivity contribution >= 4 is 54.7 Å². The molecule has 0 bridgehead atoms. The maximum absolute atomic E-state index is 14.8. The SMILES string of the molecule is C=NC1CN([C@]2(C(=O)OC(c3ccccc3)c3ccccc3)CN3C(=O)[C@@H](NC(=O)C(C(=O)OC(c4ccccc4)c4ccccc4)c4ccccc4)[C@H]3S2)C(=O)N1C=O. The number of imide groups is 1. The van der Waals surface area contributed by atoms with Gasteiger partial charge in [0.1, 0.15) is 17.6 Å². The predicted molar refractivity (Wildman–Crippen MR) is 222 cm³/mol. The maximum Gasteiger partial charge on any atom is 0.345 e. The van der Waals surface area contributed by atoms with Crippen molar-refractivity contribution in [2.45, 2.75) is 40.6 Å². The second-order valence-corrected chi connectivity index (χ2v) is 15.8. The molecule has 0 saturated carbocycles. The fraction of sp³-hybridized carbons (Fsp3) is 0.196. The first kappa shape index (κ1) is 39.8. The van der Waals surface area contributed by atoms with Gasteiger partial charge in [0.05, 0.1) is 13.1 Å². The number of amides is 5. The third kappa shape index (κ3) is 7.41. The topological polar surface area (TPSA) is 155 Å². The lowest BCUT2D eigenvalue weighted by atomic mass is 9.96. The fourth-order valence-corrected chi connectivity index (χ4v) is 9.45. The van der Waals surface area contributed by atoms with E-state index in [9.17, 15) is 28.8 Å². The van der Waals surface area contributed by atoms with Gasteiger partial charge in [0.2, 0.25) is 23.1 Å². The Kier molecular flexibility index (Phi) is 11.3. The number of thioether (sulfide) groups is 1. The summed E-state index contributed by atoms with van der Waals surface area (Å²) in [7, 11) is 0. The fourth-order valence-electron chi connectivity index (χ4n) is 7.78. The molecule has 0 aromatic heterocycles. The number of nitrogens with one attached hydrogen (secondary N) is 1. The van der Waals surface area contributed by atoms with Crippen LogP contribution in [0.2, 0.25) is 0 Å². The summed E-state index contributed by atoms with van der Waals surface area (Å²) in [5, 5.41) is 1.91. The third-order valence-corrected chi connectivity index (χ3v) is 12.5. The molecule has 0 spiro atoms. The Labute approximate surface area is 350 Å². The van der Waals surface area contributed by atoms with E-state index in [1.54, 1.807) is 30.3 Å². The molecule has 0 aliphatic carbocycles. The largest absolute Gasteiger partial charge is 0.452 e. The molecule has 3 aliphatic heterocycles. The van der Waals surface area contributed by atoms with Crippen LogP contribution in [-0.2, 0) is 33.4 Å². The Hall–Kier alpha value is -7.06. The summed E-state index contributed by atoms with van der Waals surface area (Å²) in [5.74, 6) is -4.51. The molecule has 3 aliphatic rings. The van der Waals surface area contributed by atoms with Crippen LogP contribution in [0.15, 0.2) is 157 Å². The van der Waals surface area contributed by atoms with Crippen molar-refractivity contribution in [3.05, 3.63) is 179 Å². The Bertz CT molecular complexity index is 2320. The van der Waals surface area contributed by atoms with Crippen molar-refractivity contribution in [1.82, 2.24) is 20.0 Å². The lowest BCUT2D eigenvalue weighted by Gasteiger charge is -2.41. The molecule has 5 aromatic rings. The molecule has 302 valence electrons. The van der Waals surface area contributed by atoms with Crippen LogP contribution >= 0.6 is 11.8 Å². The van der Waals surface area contributed by atoms with Gasteiger partial charge in [-0.05, 0) is 34.5 Å². The third-order valence-electron chi connectivity index (χ3n) is 10.8. The first-order valence-corrected chi connectivity index (χ1v) is 20.1. The summed E-state index contributed by atoms with van der Waals surface area (Å²) in [5.41, 5.74) is 3.05. The normalized spacial score (nSPS) is 21.2. The smallest absolute Gasteiger partial charge is 0.345 e. The number of nitrogens with zero attached hydrogens (tertiary/aromatic N) is 4. The van der Waals surface area contributed by atoms with Crippen LogP contribution in [-0.4, -0.2) is 93.2 Å². The van der Waals surface area contributed by atoms with Crippen LogP contribution in [0.5, 0.6) is 0 Å². The minimum Gasteiger partial charge on any atom is -0.452 e. The first-order valence-electron chi connectivity index (χ1n) is 19.2. The Morgan fingerprint density at radius 1 is 0.717 bits per heavy atom. The van der Waals surface area contributed by atoms with Crippen molar-refractivity contribution in [2.24, 2.45) is 4.99 Å². The zero-order valence-corrected chi connectivity index (χ0v) is 32.9. The van der Waals surface area contributed by atoms with Gasteiger partial charge in [0, 0.05) is 0 Å². The molecule has 1 N–H and O–H groups in total. The van der Waals surface area contributed by atoms with Crippen molar-refractivity contribution in [1.29, 1.82) is 0 Å². The van der Waals surface area contributed by atoms with Gasteiger partial charge in [-0.3, -0.25) is 29.1 Å². The van der Waals surface area contributed by atoms with Crippen molar-refractivity contribution in [3.63, 3.8) is 0 Å². The summed E-state index contributed by atoms with van der Waals surface area (Å²) >= 11 is 0.949. The van der Waals surface area contributed by atoms with Crippen LogP contribution < -0.4 is 5.32 Å². The Balaban J connectivity index is 1.09. The average Bonchev–Trinajstić information content (AvgIpc) is 3.83. The van der Waals surface area contributed by atoms with E-state index < -0.39 is 70.4 Å². The van der Waals surface area contributed by atoms with Crippen LogP contribution in [0, 0.1) is 0 Å². The van der Waals surface area contributed by atoms with E-state index in [-0.39, 0.29) is 13.1 Å². The number of urea groups is 1. The number of carbonyl (C=O) groups is 6. The molecule has 5 atom stereocenters. The van der Waals surface area contributed by atoms with Gasteiger partial charge in [0.25, 0.3) is 0 Å². The van der Waals surface area contributed by atoms with E-state index >= 15 is 0 Å². The number of benzene rings is 5. The van der Waals surface area contributed by atoms with Crippen LogP contribution in [0.1, 0.15) is 45.9 Å². The number of hydrogen-bond acceptors (Lipinski definition) is 10. The zero-order chi connectivity index (χ0) is 41.8. The number of β-lactam (4-membered cyclic amide) rings is 1. The van der Waals surface area contributed by atoms with Crippen LogP contribution in [0.25, 0.3) is 0 Å². The van der Waals surface area contributed by atoms with Gasteiger partial charge in [-0.1, -0.05) is 163 Å². The number of carbonyl (C=O) groups excluding carboxylic acids is 6. The van der Waals surface area contributed by atoms with Crippen molar-refractivity contribution < 1.29 is 38.2 Å². The minimum absolute atomic E-state index is 0.206. The molecule has 60 heavy (non-hydrogen) atoms. The average molecular weight is 822 g/mol. The molecule has 14 heteroatoms. The van der Waals surface area contributed by atoms with Crippen LogP contribution in [0.4, 0.5) is 4.79 Å². The molecule has 0 radical (unpaired) electrons. The molecule has 3 fully saturated rings. The number of hydrogen-bond donors (Lipinski definition) is 1. The lowest BCUT2D eigenvalue weighted by molar-refractivity contribution is -0.159. The van der Waals surface area contributed by atoms with E-state index in [0.29, 0.717) is 34.2 Å². The molecule has 3 saturated heterocycles. The summed E-state index contributed by atoms with van der Waals surface area (Å²) in [6, 6.07) is 42.8. The molecule has 13 nitrogen and oxygen atoms in total. The molecular formula is C46H39N5O8S. The number of ether oxygens (including phenoxy) is 2. The van der Waals surface area contributed by atoms with Crippen molar-refractivity contribution in [3.8, 4) is 0 Å². The quantitative estimate of drug-likeness (QED) is 0.0506. The summed E-state index contributed by atoms with van der Waals surface area (Å²) in [6.45, 7) is 3.02. The van der Waals surface area contributed by atoms with E-state index in [1.807, 2.05) is 121 Å². The predicted octanol–water partition coefficient (Wildman–Crippen LogP) is 5.45. The van der Waals surface area contributed by atoms with Gasteiger partial charge in [-0.15, -0.1) is 0 Å². The molecular weight excluding hydrogens is 783 g/mol. The van der Waals surface area contributed by atoms with Gasteiger partial charge in [0.15, 0.2) is 18.1 Å². The first-order chi connectivity index (χ1) is 29.2. The molecule has 3 heterocycles. The number of aliphatic imine (C=N–C) groups is 1. The zero-order valence-electron chi connectivity index (χ0n) is 32.1. The highest BCUT2D eigenvalue weighted by molar-refractivity contribution is 8.02. The van der Waals surface area contributed by atoms with Gasteiger partial charge in [-0.2, -0.15) is 0 Å². The highest BCUT2D eigenvalue weighted by Crippen LogP contribution is 2.51. The van der Waals surface area contributed by atoms with Gasteiger partial charge < -0.3 is 19.7 Å². The van der Waals surface area contributed by atoms with Crippen LogP contribution in [0.3, 0.4) is 0 Å². The molecule has 5 aromatic carbocycles. The Morgan fingerprint density at radius 3 is 1.60 bits per heavy atom. The second kappa shape index (κ2) is 17.0. The van der Waals surface area contributed by atoms with E-state index in [1.165, 1.54) is 9.80 Å².